The molecule has 10 heavy (non-hydrogen) atoms. The second-order valence-corrected chi connectivity index (χ2v) is 2.45. The summed E-state index contributed by atoms with van der Waals surface area (Å²) in [4.78, 5) is 10.5. The molecule has 1 N–H and O–H groups in total. The summed E-state index contributed by atoms with van der Waals surface area (Å²) in [5, 5.41) is 9.20. The number of allylic oxidation sites excluding steroid dienone is 1. The van der Waals surface area contributed by atoms with E-state index in [-0.39, 0.29) is 12.2 Å². The lowest BCUT2D eigenvalue weighted by molar-refractivity contribution is -0.118. The Morgan fingerprint density at radius 3 is 2.40 bits per heavy atom. The van der Waals surface area contributed by atoms with Gasteiger partial charge in [-0.25, -0.2) is 0 Å². The van der Waals surface area contributed by atoms with Gasteiger partial charge in [0.25, 0.3) is 0 Å². The maximum absolute atomic E-state index is 10.5. The molecular weight excluding hydrogens is 128 g/mol. The topological polar surface area (TPSA) is 37.3 Å². The molecule has 0 aromatic carbocycles. The van der Waals surface area contributed by atoms with Gasteiger partial charge in [-0.05, 0) is 26.3 Å². The average Bonchev–Trinajstić information content (AvgIpc) is 1.85. The fourth-order valence-corrected chi connectivity index (χ4v) is 0.626. The molecule has 1 atom stereocenters. The van der Waals surface area contributed by atoms with Gasteiger partial charge in [-0.1, -0.05) is 6.08 Å². The Labute approximate surface area is 61.6 Å². The van der Waals surface area contributed by atoms with E-state index in [0.717, 1.165) is 5.57 Å². The van der Waals surface area contributed by atoms with E-state index in [1.807, 2.05) is 19.9 Å². The van der Waals surface area contributed by atoms with Crippen LogP contribution in [0.15, 0.2) is 11.6 Å². The van der Waals surface area contributed by atoms with Crippen LogP contribution in [0.2, 0.25) is 0 Å². The number of Topliss-reactive ketones (excluding diaryl/α,β-unsaturated/α-hetero) is 1. The summed E-state index contributed by atoms with van der Waals surface area (Å²) in [6, 6.07) is 0. The average molecular weight is 142 g/mol. The van der Waals surface area contributed by atoms with Crippen molar-refractivity contribution in [2.45, 2.75) is 33.3 Å². The van der Waals surface area contributed by atoms with Gasteiger partial charge in [-0.2, -0.15) is 0 Å². The minimum absolute atomic E-state index is 0.0219. The SMILES string of the molecule is C/C=C(/C)C(O)CC(C)=O. The number of aliphatic hydroxyl groups is 1. The first-order valence-corrected chi connectivity index (χ1v) is 3.38. The zero-order valence-electron chi connectivity index (χ0n) is 6.72. The molecule has 0 saturated carbocycles. The molecular formula is C8H14O2. The number of carbonyl (C=O) groups excluding carboxylic acids is 1. The van der Waals surface area contributed by atoms with Crippen LogP contribution in [0.25, 0.3) is 0 Å². The van der Waals surface area contributed by atoms with E-state index < -0.39 is 6.10 Å². The molecule has 0 heterocycles. The van der Waals surface area contributed by atoms with Gasteiger partial charge in [0.1, 0.15) is 5.78 Å². The van der Waals surface area contributed by atoms with Crippen LogP contribution in [0.5, 0.6) is 0 Å². The van der Waals surface area contributed by atoms with Gasteiger partial charge in [-0.15, -0.1) is 0 Å². The lowest BCUT2D eigenvalue weighted by Crippen LogP contribution is -2.12. The van der Waals surface area contributed by atoms with Crippen LogP contribution in [0.1, 0.15) is 27.2 Å². The first kappa shape index (κ1) is 9.37. The van der Waals surface area contributed by atoms with Gasteiger partial charge in [0, 0.05) is 6.42 Å². The van der Waals surface area contributed by atoms with Crippen molar-refractivity contribution in [1.82, 2.24) is 0 Å². The van der Waals surface area contributed by atoms with Crippen LogP contribution < -0.4 is 0 Å². The molecule has 58 valence electrons. The van der Waals surface area contributed by atoms with Crippen molar-refractivity contribution < 1.29 is 9.90 Å². The van der Waals surface area contributed by atoms with Crippen LogP contribution in [0.3, 0.4) is 0 Å². The minimum Gasteiger partial charge on any atom is -0.388 e. The summed E-state index contributed by atoms with van der Waals surface area (Å²) in [5.74, 6) is 0.0219. The van der Waals surface area contributed by atoms with Crippen molar-refractivity contribution in [1.29, 1.82) is 0 Å². The van der Waals surface area contributed by atoms with Crippen molar-refractivity contribution in [2.75, 3.05) is 0 Å². The predicted octanol–water partition coefficient (Wildman–Crippen LogP) is 1.29. The second-order valence-electron chi connectivity index (χ2n) is 2.45. The van der Waals surface area contributed by atoms with Crippen molar-refractivity contribution in [2.24, 2.45) is 0 Å². The predicted molar refractivity (Wildman–Crippen MR) is 40.7 cm³/mol. The maximum Gasteiger partial charge on any atom is 0.132 e. The Morgan fingerprint density at radius 1 is 1.60 bits per heavy atom. The third kappa shape index (κ3) is 3.41. The van der Waals surface area contributed by atoms with E-state index >= 15 is 0 Å². The largest absolute Gasteiger partial charge is 0.388 e. The molecule has 0 aromatic heterocycles. The molecule has 1 unspecified atom stereocenters. The van der Waals surface area contributed by atoms with Crippen molar-refractivity contribution in [3.8, 4) is 0 Å². The van der Waals surface area contributed by atoms with Gasteiger partial charge in [0.05, 0.1) is 6.10 Å². The maximum atomic E-state index is 10.5. The van der Waals surface area contributed by atoms with Crippen LogP contribution in [0.4, 0.5) is 0 Å². The van der Waals surface area contributed by atoms with Crippen LogP contribution in [-0.2, 0) is 4.79 Å². The normalized spacial score (nSPS) is 15.0. The fraction of sp³-hybridized carbons (Fsp3) is 0.625. The molecule has 0 bridgehead atoms. The molecule has 0 rings (SSSR count). The van der Waals surface area contributed by atoms with Crippen molar-refractivity contribution in [3.05, 3.63) is 11.6 Å². The van der Waals surface area contributed by atoms with Crippen molar-refractivity contribution >= 4 is 5.78 Å². The van der Waals surface area contributed by atoms with Crippen LogP contribution in [-0.4, -0.2) is 17.0 Å². The van der Waals surface area contributed by atoms with Gasteiger partial charge in [0.2, 0.25) is 0 Å². The summed E-state index contributed by atoms with van der Waals surface area (Å²) >= 11 is 0. The molecule has 0 spiro atoms. The lowest BCUT2D eigenvalue weighted by atomic mass is 10.1. The van der Waals surface area contributed by atoms with Crippen molar-refractivity contribution in [3.63, 3.8) is 0 Å². The third-order valence-corrected chi connectivity index (χ3v) is 1.46. The van der Waals surface area contributed by atoms with Gasteiger partial charge in [0.15, 0.2) is 0 Å². The molecule has 0 fully saturated rings. The van der Waals surface area contributed by atoms with Crippen LogP contribution in [0, 0.1) is 0 Å². The van der Waals surface area contributed by atoms with Gasteiger partial charge >= 0.3 is 0 Å². The number of ketones is 1. The molecule has 2 nitrogen and oxygen atoms in total. The number of hydrogen-bond donors (Lipinski definition) is 1. The zero-order valence-corrected chi connectivity index (χ0v) is 6.72. The molecule has 0 saturated heterocycles. The summed E-state index contributed by atoms with van der Waals surface area (Å²) in [7, 11) is 0. The smallest absolute Gasteiger partial charge is 0.132 e. The summed E-state index contributed by atoms with van der Waals surface area (Å²) in [6.07, 6.45) is 1.46. The lowest BCUT2D eigenvalue weighted by Gasteiger charge is -2.07. The highest BCUT2D eigenvalue weighted by Gasteiger charge is 2.07. The monoisotopic (exact) mass is 142 g/mol. The Bertz CT molecular complexity index is 147. The number of aliphatic hydroxyl groups excluding tert-OH is 1. The van der Waals surface area contributed by atoms with E-state index in [1.165, 1.54) is 6.92 Å². The first-order chi connectivity index (χ1) is 4.57. The van der Waals surface area contributed by atoms with E-state index in [0.29, 0.717) is 0 Å². The second kappa shape index (κ2) is 4.23. The highest BCUT2D eigenvalue weighted by Crippen LogP contribution is 2.04. The number of hydrogen-bond acceptors (Lipinski definition) is 2. The molecule has 0 amide bonds. The number of rotatable bonds is 3. The Kier molecular flexibility index (Phi) is 3.96. The molecule has 0 aliphatic rings. The van der Waals surface area contributed by atoms with E-state index in [9.17, 15) is 9.90 Å². The molecule has 0 aliphatic carbocycles. The first-order valence-electron chi connectivity index (χ1n) is 3.38. The standard InChI is InChI=1S/C8H14O2/c1-4-6(2)8(10)5-7(3)9/h4,8,10H,5H2,1-3H3/b6-4-. The van der Waals surface area contributed by atoms with Crippen LogP contribution >= 0.6 is 0 Å². The summed E-state index contributed by atoms with van der Waals surface area (Å²) in [5.41, 5.74) is 0.857. The highest BCUT2D eigenvalue weighted by molar-refractivity contribution is 5.76. The molecule has 0 aromatic rings. The Balaban J connectivity index is 3.85. The summed E-state index contributed by atoms with van der Waals surface area (Å²) < 4.78 is 0. The Morgan fingerprint density at radius 2 is 2.10 bits per heavy atom. The summed E-state index contributed by atoms with van der Waals surface area (Å²) in [6.45, 7) is 5.14. The van der Waals surface area contributed by atoms with Gasteiger partial charge < -0.3 is 5.11 Å². The number of carbonyl (C=O) groups is 1. The van der Waals surface area contributed by atoms with E-state index in [1.54, 1.807) is 0 Å². The molecule has 0 radical (unpaired) electrons. The zero-order chi connectivity index (χ0) is 8.15. The highest BCUT2D eigenvalue weighted by atomic mass is 16.3. The third-order valence-electron chi connectivity index (χ3n) is 1.46. The van der Waals surface area contributed by atoms with Gasteiger partial charge in [-0.3, -0.25) is 4.79 Å². The Hall–Kier alpha value is -0.630. The minimum atomic E-state index is -0.581. The van der Waals surface area contributed by atoms with E-state index in [4.69, 9.17) is 0 Å². The molecule has 0 aliphatic heterocycles. The van der Waals surface area contributed by atoms with E-state index in [2.05, 4.69) is 0 Å². The molecule has 2 heteroatoms. The quantitative estimate of drug-likeness (QED) is 0.603. The fourth-order valence-electron chi connectivity index (χ4n) is 0.626.